The van der Waals surface area contributed by atoms with Crippen molar-refractivity contribution < 1.29 is 4.39 Å². The van der Waals surface area contributed by atoms with E-state index in [1.165, 1.54) is 6.33 Å². The maximum Gasteiger partial charge on any atom is 0.277 e. The first-order chi connectivity index (χ1) is 8.24. The molecule has 1 atom stereocenters. The molecule has 0 amide bonds. The molecule has 1 saturated heterocycles. The number of alkyl halides is 1. The lowest BCUT2D eigenvalue weighted by Crippen LogP contribution is -2.22. The van der Waals surface area contributed by atoms with Crippen LogP contribution in [0.1, 0.15) is 6.42 Å². The molecule has 3 heterocycles. The smallest absolute Gasteiger partial charge is 0.277 e. The first-order valence-electron chi connectivity index (χ1n) is 5.47. The van der Waals surface area contributed by atoms with Gasteiger partial charge in [-0.05, 0) is 18.6 Å². The Morgan fingerprint density at radius 2 is 2.35 bits per heavy atom. The number of hydrogen-bond acceptors (Lipinski definition) is 4. The number of pyridine rings is 1. The number of aromatic amines is 1. The fourth-order valence-corrected chi connectivity index (χ4v) is 2.04. The second kappa shape index (κ2) is 3.80. The standard InChI is InChI=1S/C11H11FN4O/c12-7-3-4-16(5-7)9-2-1-8-10(15-9)11(17)14-6-13-8/h1-2,6-7H,3-5H2,(H,13,14,17). The van der Waals surface area contributed by atoms with E-state index in [2.05, 4.69) is 15.0 Å². The molecule has 0 radical (unpaired) electrons. The number of hydrogen-bond donors (Lipinski definition) is 1. The third-order valence-electron chi connectivity index (χ3n) is 2.93. The number of anilines is 1. The first kappa shape index (κ1) is 10.2. The number of halogens is 1. The van der Waals surface area contributed by atoms with Crippen molar-refractivity contribution in [3.63, 3.8) is 0 Å². The highest BCUT2D eigenvalue weighted by atomic mass is 19.1. The van der Waals surface area contributed by atoms with Crippen molar-refractivity contribution in [2.45, 2.75) is 12.6 Å². The lowest BCUT2D eigenvalue weighted by molar-refractivity contribution is 0.364. The highest BCUT2D eigenvalue weighted by molar-refractivity contribution is 5.74. The van der Waals surface area contributed by atoms with Gasteiger partial charge in [-0.1, -0.05) is 0 Å². The van der Waals surface area contributed by atoms with Gasteiger partial charge in [0.2, 0.25) is 0 Å². The highest BCUT2D eigenvalue weighted by Gasteiger charge is 2.23. The Hall–Kier alpha value is -1.98. The largest absolute Gasteiger partial charge is 0.354 e. The van der Waals surface area contributed by atoms with Crippen LogP contribution in [-0.2, 0) is 0 Å². The van der Waals surface area contributed by atoms with E-state index >= 15 is 0 Å². The molecular weight excluding hydrogens is 223 g/mol. The van der Waals surface area contributed by atoms with Crippen molar-refractivity contribution in [3.8, 4) is 0 Å². The summed E-state index contributed by atoms with van der Waals surface area (Å²) in [6.45, 7) is 0.981. The van der Waals surface area contributed by atoms with Crippen molar-refractivity contribution in [1.82, 2.24) is 15.0 Å². The molecule has 0 aliphatic carbocycles. The van der Waals surface area contributed by atoms with Gasteiger partial charge in [-0.2, -0.15) is 0 Å². The van der Waals surface area contributed by atoms with E-state index in [1.807, 2.05) is 4.90 Å². The van der Waals surface area contributed by atoms with Crippen LogP contribution in [0.4, 0.5) is 10.2 Å². The Morgan fingerprint density at radius 1 is 1.47 bits per heavy atom. The summed E-state index contributed by atoms with van der Waals surface area (Å²) in [6.07, 6.45) is 1.06. The molecule has 1 fully saturated rings. The maximum atomic E-state index is 13.1. The predicted octanol–water partition coefficient (Wildman–Crippen LogP) is 0.866. The zero-order valence-corrected chi connectivity index (χ0v) is 9.06. The molecule has 6 heteroatoms. The minimum Gasteiger partial charge on any atom is -0.354 e. The van der Waals surface area contributed by atoms with E-state index in [4.69, 9.17) is 0 Å². The van der Waals surface area contributed by atoms with Crippen molar-refractivity contribution in [1.29, 1.82) is 0 Å². The summed E-state index contributed by atoms with van der Waals surface area (Å²) in [5.74, 6) is 0.635. The molecule has 0 aromatic carbocycles. The SMILES string of the molecule is O=c1[nH]cnc2ccc(N3CCC(F)C3)nc12. The number of nitrogens with zero attached hydrogens (tertiary/aromatic N) is 3. The Kier molecular flexibility index (Phi) is 2.28. The molecule has 2 aromatic rings. The monoisotopic (exact) mass is 234 g/mol. The Morgan fingerprint density at radius 3 is 3.12 bits per heavy atom. The molecule has 88 valence electrons. The van der Waals surface area contributed by atoms with Crippen LogP contribution in [0.25, 0.3) is 11.0 Å². The van der Waals surface area contributed by atoms with Crippen LogP contribution in [0.15, 0.2) is 23.3 Å². The van der Waals surface area contributed by atoms with Crippen LogP contribution in [-0.4, -0.2) is 34.2 Å². The van der Waals surface area contributed by atoms with E-state index in [0.29, 0.717) is 36.4 Å². The summed E-state index contributed by atoms with van der Waals surface area (Å²) in [5, 5.41) is 0. The molecule has 1 aliphatic rings. The van der Waals surface area contributed by atoms with Gasteiger partial charge < -0.3 is 9.88 Å². The molecule has 17 heavy (non-hydrogen) atoms. The van der Waals surface area contributed by atoms with Gasteiger partial charge in [0, 0.05) is 6.54 Å². The second-order valence-electron chi connectivity index (χ2n) is 4.10. The molecule has 1 aliphatic heterocycles. The van der Waals surface area contributed by atoms with Gasteiger partial charge in [0.25, 0.3) is 5.56 Å². The average molecular weight is 234 g/mol. The quantitative estimate of drug-likeness (QED) is 0.795. The van der Waals surface area contributed by atoms with E-state index in [1.54, 1.807) is 12.1 Å². The predicted molar refractivity (Wildman–Crippen MR) is 61.9 cm³/mol. The van der Waals surface area contributed by atoms with Crippen LogP contribution in [0, 0.1) is 0 Å². The summed E-state index contributed by atoms with van der Waals surface area (Å²) >= 11 is 0. The minimum absolute atomic E-state index is 0.271. The van der Waals surface area contributed by atoms with Gasteiger partial charge in [0.15, 0.2) is 5.52 Å². The van der Waals surface area contributed by atoms with Crippen LogP contribution in [0.2, 0.25) is 0 Å². The molecular formula is C11H11FN4O. The van der Waals surface area contributed by atoms with E-state index in [0.717, 1.165) is 0 Å². The number of nitrogens with one attached hydrogen (secondary N) is 1. The lowest BCUT2D eigenvalue weighted by Gasteiger charge is -2.15. The van der Waals surface area contributed by atoms with Gasteiger partial charge in [-0.25, -0.2) is 14.4 Å². The topological polar surface area (TPSA) is 61.9 Å². The Labute approximate surface area is 96.3 Å². The number of aromatic nitrogens is 3. The zero-order valence-electron chi connectivity index (χ0n) is 9.06. The van der Waals surface area contributed by atoms with Gasteiger partial charge in [-0.3, -0.25) is 4.79 Å². The van der Waals surface area contributed by atoms with Crippen LogP contribution >= 0.6 is 0 Å². The Balaban J connectivity index is 2.07. The number of fused-ring (bicyclic) bond motifs is 1. The normalized spacial score (nSPS) is 20.1. The first-order valence-corrected chi connectivity index (χ1v) is 5.47. The van der Waals surface area contributed by atoms with Crippen molar-refractivity contribution in [3.05, 3.63) is 28.8 Å². The molecule has 5 nitrogen and oxygen atoms in total. The molecule has 2 aromatic heterocycles. The van der Waals surface area contributed by atoms with E-state index < -0.39 is 6.17 Å². The van der Waals surface area contributed by atoms with Crippen LogP contribution < -0.4 is 10.5 Å². The molecule has 0 saturated carbocycles. The minimum atomic E-state index is -0.806. The lowest BCUT2D eigenvalue weighted by atomic mass is 10.3. The van der Waals surface area contributed by atoms with Gasteiger partial charge >= 0.3 is 0 Å². The Bertz CT molecular complexity index is 612. The summed E-state index contributed by atoms with van der Waals surface area (Å²) in [7, 11) is 0. The summed E-state index contributed by atoms with van der Waals surface area (Å²) < 4.78 is 13.1. The number of H-pyrrole nitrogens is 1. The van der Waals surface area contributed by atoms with Gasteiger partial charge in [-0.15, -0.1) is 0 Å². The van der Waals surface area contributed by atoms with Crippen LogP contribution in [0.3, 0.4) is 0 Å². The molecule has 0 spiro atoms. The summed E-state index contributed by atoms with van der Waals surface area (Å²) in [6, 6.07) is 3.51. The zero-order chi connectivity index (χ0) is 11.8. The maximum absolute atomic E-state index is 13.1. The van der Waals surface area contributed by atoms with Gasteiger partial charge in [0.1, 0.15) is 12.0 Å². The van der Waals surface area contributed by atoms with Gasteiger partial charge in [0.05, 0.1) is 18.4 Å². The molecule has 0 bridgehead atoms. The molecule has 3 rings (SSSR count). The van der Waals surface area contributed by atoms with Crippen molar-refractivity contribution in [2.24, 2.45) is 0 Å². The fraction of sp³-hybridized carbons (Fsp3) is 0.364. The summed E-state index contributed by atoms with van der Waals surface area (Å²) in [4.78, 5) is 24.1. The average Bonchev–Trinajstić information content (AvgIpc) is 2.76. The molecule has 1 unspecified atom stereocenters. The number of rotatable bonds is 1. The van der Waals surface area contributed by atoms with E-state index in [-0.39, 0.29) is 5.56 Å². The summed E-state index contributed by atoms with van der Waals surface area (Å²) in [5.41, 5.74) is 0.577. The fourth-order valence-electron chi connectivity index (χ4n) is 2.04. The highest BCUT2D eigenvalue weighted by Crippen LogP contribution is 2.20. The van der Waals surface area contributed by atoms with Crippen molar-refractivity contribution >= 4 is 16.9 Å². The van der Waals surface area contributed by atoms with Crippen LogP contribution in [0.5, 0.6) is 0 Å². The van der Waals surface area contributed by atoms with Crippen molar-refractivity contribution in [2.75, 3.05) is 18.0 Å². The third-order valence-corrected chi connectivity index (χ3v) is 2.93. The second-order valence-corrected chi connectivity index (χ2v) is 4.10. The molecule has 1 N–H and O–H groups in total. The third kappa shape index (κ3) is 1.75. The van der Waals surface area contributed by atoms with E-state index in [9.17, 15) is 9.18 Å².